The second-order valence-electron chi connectivity index (χ2n) is 4.64. The summed E-state index contributed by atoms with van der Waals surface area (Å²) in [6.45, 7) is 1.28. The minimum Gasteiger partial charge on any atom is -0.469 e. The average Bonchev–Trinajstić information content (AvgIpc) is 2.67. The molecule has 0 aromatic carbocycles. The van der Waals surface area contributed by atoms with E-state index in [9.17, 15) is 18.4 Å². The van der Waals surface area contributed by atoms with E-state index in [0.717, 1.165) is 0 Å². The number of ether oxygens (including phenoxy) is 1. The minimum atomic E-state index is -2.84. The Morgan fingerprint density at radius 2 is 2.11 bits per heavy atom. The smallest absolute Gasteiger partial charge is 0.310 e. The number of rotatable bonds is 4. The molecule has 1 fully saturated rings. The predicted octanol–water partition coefficient (Wildman–Crippen LogP) is 0.673. The average molecular weight is 301 g/mol. The van der Waals surface area contributed by atoms with Gasteiger partial charge in [0.25, 0.3) is 5.92 Å². The van der Waals surface area contributed by atoms with Crippen molar-refractivity contribution in [2.45, 2.75) is 25.3 Å². The molecule has 0 bridgehead atoms. The molecule has 5 nitrogen and oxygen atoms in total. The number of esters is 1. The molecule has 0 aliphatic carbocycles. The molecule has 1 amide bonds. The van der Waals surface area contributed by atoms with Crippen LogP contribution in [0.15, 0.2) is 0 Å². The molecule has 0 radical (unpaired) electrons. The maximum atomic E-state index is 13.0. The minimum absolute atomic E-state index is 0. The first-order valence-corrected chi connectivity index (χ1v) is 5.71. The first-order valence-electron chi connectivity index (χ1n) is 5.71. The van der Waals surface area contributed by atoms with Gasteiger partial charge in [-0.15, -0.1) is 12.4 Å². The summed E-state index contributed by atoms with van der Waals surface area (Å²) >= 11 is 0. The van der Waals surface area contributed by atoms with Gasteiger partial charge in [-0.3, -0.25) is 14.9 Å². The van der Waals surface area contributed by atoms with Crippen molar-refractivity contribution in [2.24, 2.45) is 5.92 Å². The van der Waals surface area contributed by atoms with Crippen LogP contribution in [0.1, 0.15) is 13.3 Å². The van der Waals surface area contributed by atoms with Crippen LogP contribution in [0.25, 0.3) is 0 Å². The lowest BCUT2D eigenvalue weighted by Crippen LogP contribution is -2.44. The van der Waals surface area contributed by atoms with E-state index in [0.29, 0.717) is 0 Å². The number of methoxy groups -OCH3 is 1. The molecule has 0 spiro atoms. The van der Waals surface area contributed by atoms with Gasteiger partial charge in [-0.2, -0.15) is 0 Å². The lowest BCUT2D eigenvalue weighted by Gasteiger charge is -2.23. The molecule has 1 aliphatic heterocycles. The number of alkyl halides is 2. The SMILES string of the molecule is COC(=O)C(C)CN(C)C(=O)C1CC(F)(F)CN1.Cl. The van der Waals surface area contributed by atoms with Gasteiger partial charge in [0.1, 0.15) is 0 Å². The number of nitrogens with one attached hydrogen (secondary N) is 1. The standard InChI is InChI=1S/C11H18F2N2O3.ClH/c1-7(10(17)18-3)5-15(2)9(16)8-4-11(12,13)6-14-8;/h7-8,14H,4-6H2,1-3H3;1H. The third-order valence-electron chi connectivity index (χ3n) is 2.94. The molecule has 1 heterocycles. The maximum Gasteiger partial charge on any atom is 0.310 e. The highest BCUT2D eigenvalue weighted by Gasteiger charge is 2.43. The van der Waals surface area contributed by atoms with Crippen LogP contribution in [0.3, 0.4) is 0 Å². The lowest BCUT2D eigenvalue weighted by molar-refractivity contribution is -0.146. The Morgan fingerprint density at radius 3 is 2.53 bits per heavy atom. The first-order chi connectivity index (χ1) is 8.26. The largest absolute Gasteiger partial charge is 0.469 e. The molecule has 112 valence electrons. The number of carbonyl (C=O) groups excluding carboxylic acids is 2. The molecule has 8 heteroatoms. The van der Waals surface area contributed by atoms with Crippen LogP contribution in [0, 0.1) is 5.92 Å². The fraction of sp³-hybridized carbons (Fsp3) is 0.818. The van der Waals surface area contributed by atoms with Gasteiger partial charge in [0, 0.05) is 20.0 Å². The van der Waals surface area contributed by atoms with E-state index in [2.05, 4.69) is 10.1 Å². The van der Waals surface area contributed by atoms with Crippen molar-refractivity contribution >= 4 is 24.3 Å². The van der Waals surface area contributed by atoms with E-state index in [-0.39, 0.29) is 19.0 Å². The molecule has 1 N–H and O–H groups in total. The lowest BCUT2D eigenvalue weighted by atomic mass is 10.1. The summed E-state index contributed by atoms with van der Waals surface area (Å²) in [4.78, 5) is 24.3. The first kappa shape index (κ1) is 18.0. The molecule has 2 atom stereocenters. The summed E-state index contributed by atoms with van der Waals surface area (Å²) < 4.78 is 30.5. The molecule has 1 aliphatic rings. The molecule has 1 rings (SSSR count). The second-order valence-corrected chi connectivity index (χ2v) is 4.64. The van der Waals surface area contributed by atoms with Crippen molar-refractivity contribution in [1.82, 2.24) is 10.2 Å². The summed E-state index contributed by atoms with van der Waals surface area (Å²) in [7, 11) is 2.75. The zero-order valence-corrected chi connectivity index (χ0v) is 11.9. The van der Waals surface area contributed by atoms with E-state index in [1.54, 1.807) is 6.92 Å². The van der Waals surface area contributed by atoms with E-state index >= 15 is 0 Å². The molecule has 0 aromatic heterocycles. The number of halogens is 3. The molecule has 0 aromatic rings. The van der Waals surface area contributed by atoms with Gasteiger partial charge in [-0.1, -0.05) is 6.92 Å². The Hall–Kier alpha value is -0.950. The van der Waals surface area contributed by atoms with Gasteiger partial charge in [0.2, 0.25) is 5.91 Å². The van der Waals surface area contributed by atoms with Gasteiger partial charge in [0.15, 0.2) is 0 Å². The van der Waals surface area contributed by atoms with Crippen molar-refractivity contribution in [1.29, 1.82) is 0 Å². The summed E-state index contributed by atoms with van der Waals surface area (Å²) in [6.07, 6.45) is -0.497. The van der Waals surface area contributed by atoms with Crippen LogP contribution in [0.4, 0.5) is 8.78 Å². The van der Waals surface area contributed by atoms with Crippen LogP contribution in [0.5, 0.6) is 0 Å². The van der Waals surface area contributed by atoms with Crippen molar-refractivity contribution in [3.63, 3.8) is 0 Å². The number of nitrogens with zero attached hydrogens (tertiary/aromatic N) is 1. The normalized spacial score (nSPS) is 22.3. The van der Waals surface area contributed by atoms with E-state index < -0.39 is 42.7 Å². The Bertz CT molecular complexity index is 342. The number of likely N-dealkylation sites (N-methyl/N-ethyl adjacent to an activating group) is 1. The Labute approximate surface area is 117 Å². The van der Waals surface area contributed by atoms with Crippen molar-refractivity contribution < 1.29 is 23.1 Å². The van der Waals surface area contributed by atoms with Crippen molar-refractivity contribution in [2.75, 3.05) is 27.2 Å². The highest BCUT2D eigenvalue weighted by Crippen LogP contribution is 2.25. The highest BCUT2D eigenvalue weighted by atomic mass is 35.5. The second kappa shape index (κ2) is 7.00. The number of hydrogen-bond donors (Lipinski definition) is 1. The summed E-state index contributed by atoms with van der Waals surface area (Å²) in [6, 6.07) is -0.880. The monoisotopic (exact) mass is 300 g/mol. The molecule has 1 saturated heterocycles. The van der Waals surface area contributed by atoms with Gasteiger partial charge in [-0.05, 0) is 0 Å². The third kappa shape index (κ3) is 4.91. The predicted molar refractivity (Wildman–Crippen MR) is 67.4 cm³/mol. The van der Waals surface area contributed by atoms with Gasteiger partial charge >= 0.3 is 5.97 Å². The number of amides is 1. The summed E-state index contributed by atoms with van der Waals surface area (Å²) in [5.74, 6) is -4.18. The number of hydrogen-bond acceptors (Lipinski definition) is 4. The Morgan fingerprint density at radius 1 is 1.53 bits per heavy atom. The maximum absolute atomic E-state index is 13.0. The number of carbonyl (C=O) groups is 2. The quantitative estimate of drug-likeness (QED) is 0.776. The van der Waals surface area contributed by atoms with E-state index in [4.69, 9.17) is 0 Å². The van der Waals surface area contributed by atoms with Crippen molar-refractivity contribution in [3.05, 3.63) is 0 Å². The fourth-order valence-electron chi connectivity index (χ4n) is 1.93. The summed E-state index contributed by atoms with van der Waals surface area (Å²) in [5, 5.41) is 2.49. The third-order valence-corrected chi connectivity index (χ3v) is 2.94. The van der Waals surface area contributed by atoms with Crippen LogP contribution in [0.2, 0.25) is 0 Å². The van der Waals surface area contributed by atoms with E-state index in [1.165, 1.54) is 19.1 Å². The topological polar surface area (TPSA) is 58.6 Å². The zero-order valence-electron chi connectivity index (χ0n) is 11.1. The fourth-order valence-corrected chi connectivity index (χ4v) is 1.93. The van der Waals surface area contributed by atoms with Gasteiger partial charge in [-0.25, -0.2) is 8.78 Å². The van der Waals surface area contributed by atoms with Crippen LogP contribution in [-0.4, -0.2) is 56.0 Å². The molecule has 2 unspecified atom stereocenters. The highest BCUT2D eigenvalue weighted by molar-refractivity contribution is 5.85. The Balaban J connectivity index is 0.00000324. The van der Waals surface area contributed by atoms with Crippen LogP contribution < -0.4 is 5.32 Å². The molecule has 19 heavy (non-hydrogen) atoms. The molecular formula is C11H19ClF2N2O3. The van der Waals surface area contributed by atoms with Gasteiger partial charge < -0.3 is 9.64 Å². The van der Waals surface area contributed by atoms with Gasteiger partial charge in [0.05, 0.1) is 25.6 Å². The summed E-state index contributed by atoms with van der Waals surface area (Å²) in [5.41, 5.74) is 0. The molecule has 0 saturated carbocycles. The zero-order chi connectivity index (χ0) is 13.9. The molecular weight excluding hydrogens is 282 g/mol. The van der Waals surface area contributed by atoms with E-state index in [1.807, 2.05) is 0 Å². The van der Waals surface area contributed by atoms with Crippen molar-refractivity contribution in [3.8, 4) is 0 Å². The van der Waals surface area contributed by atoms with Crippen LogP contribution >= 0.6 is 12.4 Å². The Kier molecular flexibility index (Phi) is 6.65. The van der Waals surface area contributed by atoms with Crippen LogP contribution in [-0.2, 0) is 14.3 Å².